The summed E-state index contributed by atoms with van der Waals surface area (Å²) in [5.41, 5.74) is 19.9. The molecule has 0 aliphatic heterocycles. The third kappa shape index (κ3) is 5.77. The van der Waals surface area contributed by atoms with Gasteiger partial charge in [-0.1, -0.05) is 182 Å². The Morgan fingerprint density at radius 1 is 0.318 bits per heavy atom. The van der Waals surface area contributed by atoms with Gasteiger partial charge in [0, 0.05) is 45.0 Å². The van der Waals surface area contributed by atoms with Crippen LogP contribution in [-0.4, -0.2) is 0 Å². The maximum Gasteiger partial charge on any atom is 0.142 e. The van der Waals surface area contributed by atoms with Crippen LogP contribution in [0.1, 0.15) is 22.3 Å². The van der Waals surface area contributed by atoms with E-state index in [2.05, 4.69) is 265 Å². The van der Waals surface area contributed by atoms with Gasteiger partial charge in [0.2, 0.25) is 0 Å². The minimum Gasteiger partial charge on any atom is -0.456 e. The Bertz CT molecular complexity index is 3440. The first-order valence-corrected chi connectivity index (χ1v) is 22.7. The molecule has 1 unspecified atom stereocenters. The van der Waals surface area contributed by atoms with Crippen molar-refractivity contribution in [1.29, 1.82) is 0 Å². The molecule has 0 radical (unpaired) electrons. The highest BCUT2D eigenvalue weighted by Gasteiger charge is 2.55. The number of rotatable bonds is 8. The highest BCUT2D eigenvalue weighted by molar-refractivity contribution is 6.06. The molecule has 1 aromatic heterocycles. The molecule has 0 amide bonds. The molecule has 0 saturated carbocycles. The van der Waals surface area contributed by atoms with Crippen molar-refractivity contribution in [3.8, 4) is 44.7 Å². The Balaban J connectivity index is 1.07. The summed E-state index contributed by atoms with van der Waals surface area (Å²) < 4.78 is 7.19. The quantitative estimate of drug-likeness (QED) is 0.152. The standard InChI is InChI=1S/C63H42N2O/c1-5-18-43(19-6-1)45-32-36-49(37-33-45)64(50-38-34-46(35-39-50)44-20-7-2-8-21-44)51-40-41-53-52-26-13-15-28-55(52)63(57(53)42-51)56-29-17-30-58(60(56)62-61(63)54-27-14-16-31-59(54)66-62)65(47-22-9-3-10-23-47)48-24-11-4-12-25-48/h1-42H. The molecule has 0 saturated heterocycles. The van der Waals surface area contributed by atoms with Gasteiger partial charge >= 0.3 is 0 Å². The number of nitrogens with zero attached hydrogens (tertiary/aromatic N) is 2. The second-order valence-corrected chi connectivity index (χ2v) is 17.2. The number of fused-ring (bicyclic) bond motifs is 12. The van der Waals surface area contributed by atoms with E-state index in [1.54, 1.807) is 0 Å². The fraction of sp³-hybridized carbons (Fsp3) is 0.0159. The van der Waals surface area contributed by atoms with Gasteiger partial charge in [0.1, 0.15) is 11.3 Å². The third-order valence-corrected chi connectivity index (χ3v) is 13.7. The van der Waals surface area contributed by atoms with Crippen molar-refractivity contribution in [1.82, 2.24) is 0 Å². The molecule has 11 aromatic rings. The first kappa shape index (κ1) is 37.9. The minimum absolute atomic E-state index is 0.686. The summed E-state index contributed by atoms with van der Waals surface area (Å²) in [6.45, 7) is 0. The molecular formula is C63H42N2O. The number of benzene rings is 10. The summed E-state index contributed by atoms with van der Waals surface area (Å²) in [7, 11) is 0. The Hall–Kier alpha value is -8.66. The maximum atomic E-state index is 7.19. The van der Waals surface area contributed by atoms with Crippen LogP contribution >= 0.6 is 0 Å². The van der Waals surface area contributed by atoms with Gasteiger partial charge in [-0.05, 0) is 123 Å². The number of anilines is 6. The van der Waals surface area contributed by atoms with Crippen molar-refractivity contribution in [2.75, 3.05) is 9.80 Å². The van der Waals surface area contributed by atoms with Gasteiger partial charge in [-0.25, -0.2) is 0 Å². The first-order valence-electron chi connectivity index (χ1n) is 22.7. The Labute approximate surface area is 384 Å². The molecular weight excluding hydrogens is 801 g/mol. The van der Waals surface area contributed by atoms with E-state index in [1.165, 1.54) is 55.6 Å². The summed E-state index contributed by atoms with van der Waals surface area (Å²) in [5.74, 6) is 0.913. The summed E-state index contributed by atoms with van der Waals surface area (Å²) in [5, 5.41) is 1.12. The molecule has 2 aliphatic carbocycles. The summed E-state index contributed by atoms with van der Waals surface area (Å²) in [6, 6.07) is 92.2. The van der Waals surface area contributed by atoms with E-state index in [4.69, 9.17) is 4.42 Å². The second-order valence-electron chi connectivity index (χ2n) is 17.2. The summed E-state index contributed by atoms with van der Waals surface area (Å²) >= 11 is 0. The average Bonchev–Trinajstić information content (AvgIpc) is 4.02. The van der Waals surface area contributed by atoms with Crippen LogP contribution in [0.3, 0.4) is 0 Å². The zero-order chi connectivity index (χ0) is 43.6. The van der Waals surface area contributed by atoms with Gasteiger partial charge < -0.3 is 14.2 Å². The molecule has 3 heteroatoms. The van der Waals surface area contributed by atoms with Crippen LogP contribution in [0.4, 0.5) is 34.1 Å². The lowest BCUT2D eigenvalue weighted by molar-refractivity contribution is 0.628. The van der Waals surface area contributed by atoms with Crippen LogP contribution in [0.2, 0.25) is 0 Å². The van der Waals surface area contributed by atoms with Gasteiger partial charge in [-0.15, -0.1) is 0 Å². The van der Waals surface area contributed by atoms with Crippen molar-refractivity contribution >= 4 is 45.1 Å². The predicted octanol–water partition coefficient (Wildman–Crippen LogP) is 17.0. The molecule has 10 aromatic carbocycles. The zero-order valence-electron chi connectivity index (χ0n) is 36.1. The lowest BCUT2D eigenvalue weighted by Gasteiger charge is -2.33. The number of hydrogen-bond donors (Lipinski definition) is 0. The monoisotopic (exact) mass is 842 g/mol. The van der Waals surface area contributed by atoms with Crippen molar-refractivity contribution in [2.24, 2.45) is 0 Å². The van der Waals surface area contributed by atoms with E-state index in [9.17, 15) is 0 Å². The molecule has 2 aliphatic rings. The minimum atomic E-state index is -0.686. The predicted molar refractivity (Wildman–Crippen MR) is 273 cm³/mol. The molecule has 1 spiro atoms. The van der Waals surface area contributed by atoms with Gasteiger partial charge in [-0.2, -0.15) is 0 Å². The fourth-order valence-corrected chi connectivity index (χ4v) is 10.9. The highest BCUT2D eigenvalue weighted by atomic mass is 16.3. The first-order chi connectivity index (χ1) is 32.8. The van der Waals surface area contributed by atoms with E-state index < -0.39 is 5.41 Å². The Morgan fingerprint density at radius 2 is 0.788 bits per heavy atom. The zero-order valence-corrected chi connectivity index (χ0v) is 36.1. The molecule has 0 bridgehead atoms. The Kier molecular flexibility index (Phi) is 8.75. The number of furan rings is 1. The maximum absolute atomic E-state index is 7.19. The van der Waals surface area contributed by atoms with Crippen LogP contribution in [0.25, 0.3) is 55.7 Å². The van der Waals surface area contributed by atoms with E-state index in [1.807, 2.05) is 0 Å². The number of hydrogen-bond acceptors (Lipinski definition) is 3. The van der Waals surface area contributed by atoms with E-state index in [0.717, 1.165) is 56.4 Å². The summed E-state index contributed by atoms with van der Waals surface area (Å²) in [6.07, 6.45) is 0. The topological polar surface area (TPSA) is 19.6 Å². The SMILES string of the molecule is c1ccc(-c2ccc(N(c3ccc(-c4ccccc4)cc3)c3ccc4c(c3)C3(c5ccccc5-4)c4cccc(N(c5ccccc5)c5ccccc5)c4-c4oc5ccccc5c43)cc2)cc1. The Morgan fingerprint density at radius 3 is 1.41 bits per heavy atom. The van der Waals surface area contributed by atoms with Crippen molar-refractivity contribution < 1.29 is 4.42 Å². The largest absolute Gasteiger partial charge is 0.456 e. The molecule has 1 heterocycles. The van der Waals surface area contributed by atoms with Crippen LogP contribution in [0.5, 0.6) is 0 Å². The fourth-order valence-electron chi connectivity index (χ4n) is 10.9. The van der Waals surface area contributed by atoms with Gasteiger partial charge in [0.15, 0.2) is 0 Å². The van der Waals surface area contributed by atoms with Crippen molar-refractivity contribution in [3.63, 3.8) is 0 Å². The second kappa shape index (κ2) is 15.3. The molecule has 3 nitrogen and oxygen atoms in total. The van der Waals surface area contributed by atoms with Crippen LogP contribution < -0.4 is 9.80 Å². The molecule has 0 fully saturated rings. The highest BCUT2D eigenvalue weighted by Crippen LogP contribution is 2.67. The molecule has 1 atom stereocenters. The van der Waals surface area contributed by atoms with Gasteiger partial charge in [-0.3, -0.25) is 0 Å². The molecule has 310 valence electrons. The normalized spacial score (nSPS) is 14.1. The lowest BCUT2D eigenvalue weighted by Crippen LogP contribution is -2.26. The number of para-hydroxylation sites is 3. The average molecular weight is 843 g/mol. The molecule has 66 heavy (non-hydrogen) atoms. The smallest absolute Gasteiger partial charge is 0.142 e. The molecule has 13 rings (SSSR count). The van der Waals surface area contributed by atoms with E-state index in [0.29, 0.717) is 0 Å². The van der Waals surface area contributed by atoms with Crippen molar-refractivity contribution in [3.05, 3.63) is 277 Å². The molecule has 0 N–H and O–H groups in total. The van der Waals surface area contributed by atoms with Crippen LogP contribution in [-0.2, 0) is 5.41 Å². The van der Waals surface area contributed by atoms with Gasteiger partial charge in [0.05, 0.1) is 11.1 Å². The van der Waals surface area contributed by atoms with Crippen molar-refractivity contribution in [2.45, 2.75) is 5.41 Å². The third-order valence-electron chi connectivity index (χ3n) is 13.7. The van der Waals surface area contributed by atoms with Crippen LogP contribution in [0.15, 0.2) is 259 Å². The lowest BCUT2D eigenvalue weighted by atomic mass is 9.70. The van der Waals surface area contributed by atoms with E-state index in [-0.39, 0.29) is 0 Å². The van der Waals surface area contributed by atoms with E-state index >= 15 is 0 Å². The van der Waals surface area contributed by atoms with Gasteiger partial charge in [0.25, 0.3) is 0 Å². The summed E-state index contributed by atoms with van der Waals surface area (Å²) in [4.78, 5) is 4.79. The van der Waals surface area contributed by atoms with Crippen LogP contribution in [0, 0.1) is 0 Å².